The first kappa shape index (κ1) is 16.2. The fourth-order valence-corrected chi connectivity index (χ4v) is 4.53. The van der Waals surface area contributed by atoms with Gasteiger partial charge < -0.3 is 4.52 Å². The van der Waals surface area contributed by atoms with E-state index in [2.05, 4.69) is 10.3 Å². The van der Waals surface area contributed by atoms with Gasteiger partial charge in [0.15, 0.2) is 0 Å². The number of fused-ring (bicyclic) bond motifs is 2. The zero-order chi connectivity index (χ0) is 18.5. The van der Waals surface area contributed by atoms with Crippen LogP contribution in [-0.2, 0) is 19.4 Å². The van der Waals surface area contributed by atoms with Crippen LogP contribution in [0.15, 0.2) is 38.6 Å². The molecule has 0 fully saturated rings. The average molecular weight is 386 g/mol. The third-order valence-corrected chi connectivity index (χ3v) is 5.91. The van der Waals surface area contributed by atoms with Gasteiger partial charge in [0.05, 0.1) is 16.8 Å². The maximum atomic E-state index is 14.8. The van der Waals surface area contributed by atoms with Crippen molar-refractivity contribution in [2.45, 2.75) is 32.2 Å². The molecule has 0 saturated carbocycles. The van der Waals surface area contributed by atoms with Crippen molar-refractivity contribution in [1.82, 2.24) is 19.5 Å². The molecular weight excluding hydrogens is 371 g/mol. The van der Waals surface area contributed by atoms with Crippen molar-refractivity contribution in [2.75, 3.05) is 0 Å². The Bertz CT molecular complexity index is 1260. The number of aromatic amines is 1. The lowest BCUT2D eigenvalue weighted by molar-refractivity contribution is 0.410. The number of aryl methyl sites for hydroxylation is 1. The van der Waals surface area contributed by atoms with Gasteiger partial charge in [0, 0.05) is 17.3 Å². The predicted octanol–water partition coefficient (Wildman–Crippen LogP) is 2.60. The molecule has 1 aliphatic carbocycles. The molecular formula is C18H15FN4O3S. The Balaban J connectivity index is 1.70. The molecule has 0 aliphatic heterocycles. The second-order valence-corrected chi connectivity index (χ2v) is 7.63. The Labute approximate surface area is 155 Å². The quantitative estimate of drug-likeness (QED) is 0.586. The summed E-state index contributed by atoms with van der Waals surface area (Å²) in [6.07, 6.45) is 4.90. The zero-order valence-corrected chi connectivity index (χ0v) is 15.0. The Morgan fingerprint density at radius 2 is 2.11 bits per heavy atom. The van der Waals surface area contributed by atoms with Crippen LogP contribution in [0.2, 0.25) is 0 Å². The van der Waals surface area contributed by atoms with Gasteiger partial charge in [0.25, 0.3) is 5.56 Å². The number of aromatic nitrogens is 4. The molecule has 7 nitrogen and oxygen atoms in total. The number of halogens is 1. The number of rotatable bonds is 3. The van der Waals surface area contributed by atoms with Gasteiger partial charge in [-0.05, 0) is 37.8 Å². The molecule has 0 radical (unpaired) electrons. The fourth-order valence-electron chi connectivity index (χ4n) is 3.63. The number of hydrogen-bond acceptors (Lipinski definition) is 5. The van der Waals surface area contributed by atoms with Gasteiger partial charge in [0.2, 0.25) is 0 Å². The Hall–Kier alpha value is -2.94. The Morgan fingerprint density at radius 1 is 1.26 bits per heavy atom. The van der Waals surface area contributed by atoms with Crippen LogP contribution >= 0.6 is 11.3 Å². The molecule has 0 atom stereocenters. The first-order valence-corrected chi connectivity index (χ1v) is 9.49. The monoisotopic (exact) mass is 386 g/mol. The highest BCUT2D eigenvalue weighted by Crippen LogP contribution is 2.25. The Morgan fingerprint density at radius 3 is 2.89 bits per heavy atom. The van der Waals surface area contributed by atoms with Gasteiger partial charge in [-0.2, -0.15) is 0 Å². The topological polar surface area (TPSA) is 85.8 Å². The lowest BCUT2D eigenvalue weighted by Crippen LogP contribution is -2.19. The van der Waals surface area contributed by atoms with E-state index in [0.717, 1.165) is 41.9 Å². The van der Waals surface area contributed by atoms with Gasteiger partial charge in [-0.15, -0.1) is 0 Å². The number of hydrogen-bond donors (Lipinski definition) is 1. The van der Waals surface area contributed by atoms with Crippen molar-refractivity contribution in [3.63, 3.8) is 0 Å². The van der Waals surface area contributed by atoms with Gasteiger partial charge in [0.1, 0.15) is 23.5 Å². The molecule has 4 aromatic rings. The largest absolute Gasteiger partial charge is 0.364 e. The summed E-state index contributed by atoms with van der Waals surface area (Å²) in [4.78, 5) is 24.9. The minimum atomic E-state index is -0.543. The molecule has 0 spiro atoms. The number of nitrogens with zero attached hydrogens (tertiary/aromatic N) is 3. The minimum absolute atomic E-state index is 0.119. The predicted molar refractivity (Wildman–Crippen MR) is 98.2 cm³/mol. The van der Waals surface area contributed by atoms with Crippen LogP contribution in [0.4, 0.5) is 4.39 Å². The van der Waals surface area contributed by atoms with E-state index in [9.17, 15) is 14.0 Å². The SMILES string of the molecule is O=c1c2c([nH]n1-c1cc3c(cc1F)sc(=O)n3Cc1ccon1)CCCC2. The lowest BCUT2D eigenvalue weighted by Gasteiger charge is -2.07. The molecule has 0 amide bonds. The lowest BCUT2D eigenvalue weighted by atomic mass is 9.98. The summed E-state index contributed by atoms with van der Waals surface area (Å²) in [5.74, 6) is -0.543. The molecule has 1 aromatic carbocycles. The van der Waals surface area contributed by atoms with E-state index in [1.807, 2.05) is 0 Å². The number of benzene rings is 1. The average Bonchev–Trinajstić information content (AvgIpc) is 3.35. The third-order valence-electron chi connectivity index (χ3n) is 4.96. The summed E-state index contributed by atoms with van der Waals surface area (Å²) in [5, 5.41) is 6.88. The van der Waals surface area contributed by atoms with Crippen LogP contribution in [0.25, 0.3) is 15.9 Å². The summed E-state index contributed by atoms with van der Waals surface area (Å²) in [5.41, 5.74) is 2.65. The second-order valence-electron chi connectivity index (χ2n) is 6.63. The van der Waals surface area contributed by atoms with Gasteiger partial charge in [-0.1, -0.05) is 16.5 Å². The molecule has 27 heavy (non-hydrogen) atoms. The molecule has 138 valence electrons. The standard InChI is InChI=1S/C18H15FN4O3S/c19-12-7-16-15(22(18(25)27-16)9-10-5-6-26-21-10)8-14(12)23-17(24)11-3-1-2-4-13(11)20-23/h5-8,20H,1-4,9H2. The minimum Gasteiger partial charge on any atom is -0.364 e. The summed E-state index contributed by atoms with van der Waals surface area (Å²) >= 11 is 0.962. The molecule has 0 unspecified atom stereocenters. The van der Waals surface area contributed by atoms with Crippen molar-refractivity contribution in [3.8, 4) is 5.69 Å². The number of H-pyrrole nitrogens is 1. The fraction of sp³-hybridized carbons (Fsp3) is 0.278. The van der Waals surface area contributed by atoms with Crippen molar-refractivity contribution in [2.24, 2.45) is 0 Å². The molecule has 1 aliphatic rings. The second kappa shape index (κ2) is 6.05. The first-order chi connectivity index (χ1) is 13.1. The maximum Gasteiger partial charge on any atom is 0.308 e. The summed E-state index contributed by atoms with van der Waals surface area (Å²) < 4.78 is 22.9. The molecule has 3 aromatic heterocycles. The van der Waals surface area contributed by atoms with E-state index in [4.69, 9.17) is 4.52 Å². The molecule has 5 rings (SSSR count). The van der Waals surface area contributed by atoms with Crippen LogP contribution in [0.3, 0.4) is 0 Å². The van der Waals surface area contributed by atoms with Gasteiger partial charge >= 0.3 is 4.87 Å². The van der Waals surface area contributed by atoms with E-state index >= 15 is 0 Å². The highest BCUT2D eigenvalue weighted by atomic mass is 32.1. The smallest absolute Gasteiger partial charge is 0.308 e. The third kappa shape index (κ3) is 2.57. The van der Waals surface area contributed by atoms with E-state index in [1.54, 1.807) is 12.1 Å². The molecule has 0 saturated heterocycles. The summed E-state index contributed by atoms with van der Waals surface area (Å²) in [6.45, 7) is 0.219. The van der Waals surface area contributed by atoms with E-state index in [0.29, 0.717) is 22.3 Å². The van der Waals surface area contributed by atoms with Crippen LogP contribution in [0.1, 0.15) is 29.8 Å². The van der Waals surface area contributed by atoms with Crippen LogP contribution in [0, 0.1) is 5.82 Å². The summed E-state index contributed by atoms with van der Waals surface area (Å²) in [6, 6.07) is 4.53. The van der Waals surface area contributed by atoms with Gasteiger partial charge in [-0.25, -0.2) is 9.07 Å². The van der Waals surface area contributed by atoms with Crippen molar-refractivity contribution in [3.05, 3.63) is 67.3 Å². The van der Waals surface area contributed by atoms with Crippen molar-refractivity contribution < 1.29 is 8.91 Å². The zero-order valence-electron chi connectivity index (χ0n) is 14.2. The molecule has 0 bridgehead atoms. The molecule has 9 heteroatoms. The molecule has 3 heterocycles. The van der Waals surface area contributed by atoms with Crippen LogP contribution < -0.4 is 10.4 Å². The van der Waals surface area contributed by atoms with Crippen LogP contribution in [-0.4, -0.2) is 19.5 Å². The Kier molecular flexibility index (Phi) is 3.64. The number of thiazole rings is 1. The highest BCUT2D eigenvalue weighted by Gasteiger charge is 2.21. The summed E-state index contributed by atoms with van der Waals surface area (Å²) in [7, 11) is 0. The van der Waals surface area contributed by atoms with Crippen LogP contribution in [0.5, 0.6) is 0 Å². The van der Waals surface area contributed by atoms with Gasteiger partial charge in [-0.3, -0.25) is 19.3 Å². The normalized spacial score (nSPS) is 14.0. The maximum absolute atomic E-state index is 14.8. The van der Waals surface area contributed by atoms with E-state index in [-0.39, 0.29) is 22.7 Å². The van der Waals surface area contributed by atoms with Crippen molar-refractivity contribution >= 4 is 21.6 Å². The van der Waals surface area contributed by atoms with E-state index < -0.39 is 5.82 Å². The molecule has 1 N–H and O–H groups in total. The number of nitrogens with one attached hydrogen (secondary N) is 1. The van der Waals surface area contributed by atoms with Crippen molar-refractivity contribution in [1.29, 1.82) is 0 Å². The highest BCUT2D eigenvalue weighted by molar-refractivity contribution is 7.16. The first-order valence-electron chi connectivity index (χ1n) is 8.67. The van der Waals surface area contributed by atoms with E-state index in [1.165, 1.54) is 21.6 Å².